The Kier molecular flexibility index (Phi) is 5.34. The molecule has 0 fully saturated rings. The Hall–Kier alpha value is -0.270. The molecule has 0 aromatic heterocycles. The molecule has 2 N–H and O–H groups in total. The summed E-state index contributed by atoms with van der Waals surface area (Å²) in [5, 5.41) is 2.81. The molecule has 13 heavy (non-hydrogen) atoms. The predicted molar refractivity (Wildman–Crippen MR) is 46.0 cm³/mol. The summed E-state index contributed by atoms with van der Waals surface area (Å²) >= 11 is 0. The summed E-state index contributed by atoms with van der Waals surface area (Å²) in [5.74, 6) is -3.37. The van der Waals surface area contributed by atoms with Crippen LogP contribution in [0.2, 0.25) is 0 Å². The summed E-state index contributed by atoms with van der Waals surface area (Å²) < 4.78 is 46.5. The number of halogens is 2. The maximum Gasteiger partial charge on any atom is 0.350 e. The topological polar surface area (TPSA) is 58.2 Å². The van der Waals surface area contributed by atoms with Crippen molar-refractivity contribution in [1.82, 2.24) is 10.0 Å². The van der Waals surface area contributed by atoms with Crippen molar-refractivity contribution in [1.29, 1.82) is 0 Å². The molecule has 1 atom stereocenters. The highest BCUT2D eigenvalue weighted by atomic mass is 32.2. The van der Waals surface area contributed by atoms with E-state index in [1.54, 1.807) is 14.0 Å². The van der Waals surface area contributed by atoms with E-state index in [1.807, 2.05) is 4.72 Å². The van der Waals surface area contributed by atoms with Crippen LogP contribution in [0.3, 0.4) is 0 Å². The van der Waals surface area contributed by atoms with Crippen LogP contribution < -0.4 is 10.0 Å². The maximum atomic E-state index is 11.8. The quantitative estimate of drug-likeness (QED) is 0.656. The van der Waals surface area contributed by atoms with Crippen LogP contribution in [0.1, 0.15) is 6.92 Å². The first-order valence-corrected chi connectivity index (χ1v) is 5.36. The first kappa shape index (κ1) is 12.7. The number of rotatable bonds is 6. The molecule has 0 aliphatic carbocycles. The lowest BCUT2D eigenvalue weighted by Crippen LogP contribution is -2.35. The number of hydrogen-bond acceptors (Lipinski definition) is 3. The van der Waals surface area contributed by atoms with Gasteiger partial charge in [-0.15, -0.1) is 0 Å². The van der Waals surface area contributed by atoms with Gasteiger partial charge in [-0.05, 0) is 19.5 Å². The van der Waals surface area contributed by atoms with Gasteiger partial charge in [0, 0.05) is 6.54 Å². The van der Waals surface area contributed by atoms with Crippen molar-refractivity contribution >= 4 is 10.0 Å². The molecule has 0 aromatic carbocycles. The molecule has 0 saturated heterocycles. The zero-order valence-corrected chi connectivity index (χ0v) is 8.37. The van der Waals surface area contributed by atoms with Crippen LogP contribution in [0, 0.1) is 5.92 Å². The maximum absolute atomic E-state index is 11.8. The van der Waals surface area contributed by atoms with Gasteiger partial charge in [0.1, 0.15) is 0 Å². The third-order valence-electron chi connectivity index (χ3n) is 1.42. The molecule has 1 unspecified atom stereocenters. The summed E-state index contributed by atoms with van der Waals surface area (Å²) in [6, 6.07) is 0. The second kappa shape index (κ2) is 5.46. The van der Waals surface area contributed by atoms with Gasteiger partial charge >= 0.3 is 5.76 Å². The van der Waals surface area contributed by atoms with Crippen molar-refractivity contribution in [2.75, 3.05) is 20.1 Å². The molecule has 0 bridgehead atoms. The summed E-state index contributed by atoms with van der Waals surface area (Å²) in [6.07, 6.45) is 0. The first-order valence-electron chi connectivity index (χ1n) is 3.81. The van der Waals surface area contributed by atoms with E-state index in [9.17, 15) is 17.2 Å². The summed E-state index contributed by atoms with van der Waals surface area (Å²) in [7, 11) is -2.72. The van der Waals surface area contributed by atoms with Gasteiger partial charge in [-0.2, -0.15) is 8.78 Å². The number of hydrogen-bond donors (Lipinski definition) is 2. The predicted octanol–water partition coefficient (Wildman–Crippen LogP) is -0.0161. The molecule has 7 heteroatoms. The van der Waals surface area contributed by atoms with Crippen LogP contribution in [0.4, 0.5) is 8.78 Å². The molecule has 0 saturated carbocycles. The number of nitrogens with one attached hydrogen (secondary N) is 2. The van der Waals surface area contributed by atoms with Crippen molar-refractivity contribution in [3.8, 4) is 0 Å². The van der Waals surface area contributed by atoms with Gasteiger partial charge in [0.05, 0.1) is 0 Å². The summed E-state index contributed by atoms with van der Waals surface area (Å²) in [5.41, 5.74) is 0. The van der Waals surface area contributed by atoms with Crippen molar-refractivity contribution < 1.29 is 17.2 Å². The smallest absolute Gasteiger partial charge is 0.319 e. The molecule has 0 spiro atoms. The summed E-state index contributed by atoms with van der Waals surface area (Å²) in [6.45, 7) is 2.35. The highest BCUT2D eigenvalue weighted by Gasteiger charge is 2.23. The van der Waals surface area contributed by atoms with E-state index in [2.05, 4.69) is 5.32 Å². The van der Waals surface area contributed by atoms with E-state index in [-0.39, 0.29) is 12.5 Å². The second-order valence-electron chi connectivity index (χ2n) is 2.82. The minimum Gasteiger partial charge on any atom is -0.319 e. The molecule has 0 radical (unpaired) electrons. The molecule has 0 aliphatic heterocycles. The Morgan fingerprint density at radius 2 is 1.85 bits per heavy atom. The fourth-order valence-electron chi connectivity index (χ4n) is 0.742. The highest BCUT2D eigenvalue weighted by molar-refractivity contribution is 7.89. The Morgan fingerprint density at radius 1 is 1.31 bits per heavy atom. The largest absolute Gasteiger partial charge is 0.350 e. The Morgan fingerprint density at radius 3 is 2.23 bits per heavy atom. The zero-order valence-electron chi connectivity index (χ0n) is 7.55. The Balaban J connectivity index is 3.89. The van der Waals surface area contributed by atoms with E-state index in [0.717, 1.165) is 0 Å². The minimum atomic E-state index is -4.42. The minimum absolute atomic E-state index is 0.0153. The van der Waals surface area contributed by atoms with Crippen LogP contribution in [-0.2, 0) is 10.0 Å². The van der Waals surface area contributed by atoms with Crippen molar-refractivity contribution in [2.24, 2.45) is 5.92 Å². The van der Waals surface area contributed by atoms with Crippen LogP contribution in [0.5, 0.6) is 0 Å². The van der Waals surface area contributed by atoms with E-state index >= 15 is 0 Å². The van der Waals surface area contributed by atoms with Gasteiger partial charge in [0.25, 0.3) is 10.0 Å². The second-order valence-corrected chi connectivity index (χ2v) is 4.55. The van der Waals surface area contributed by atoms with E-state index in [0.29, 0.717) is 6.54 Å². The molecule has 0 aromatic rings. The molecule has 80 valence electrons. The van der Waals surface area contributed by atoms with Gasteiger partial charge < -0.3 is 5.32 Å². The third-order valence-corrected chi connectivity index (χ3v) is 2.46. The monoisotopic (exact) mass is 216 g/mol. The normalized spacial score (nSPS) is 14.8. The average Bonchev–Trinajstić information content (AvgIpc) is 2.01. The van der Waals surface area contributed by atoms with Gasteiger partial charge in [-0.1, -0.05) is 6.92 Å². The average molecular weight is 216 g/mol. The highest BCUT2D eigenvalue weighted by Crippen LogP contribution is 2.02. The van der Waals surface area contributed by atoms with Crippen molar-refractivity contribution in [2.45, 2.75) is 12.7 Å². The first-order chi connectivity index (χ1) is 5.90. The lowest BCUT2D eigenvalue weighted by molar-refractivity contribution is 0.232. The van der Waals surface area contributed by atoms with E-state index < -0.39 is 15.8 Å². The number of sulfonamides is 1. The van der Waals surface area contributed by atoms with Gasteiger partial charge in [-0.25, -0.2) is 13.1 Å². The fraction of sp³-hybridized carbons (Fsp3) is 1.00. The zero-order chi connectivity index (χ0) is 10.5. The molecule has 4 nitrogen and oxygen atoms in total. The number of alkyl halides is 2. The lowest BCUT2D eigenvalue weighted by atomic mass is 10.2. The standard InChI is InChI=1S/C6H14F2N2O2S/c1-5(3-9-2)4-10-13(11,12)6(7)8/h5-6,9-10H,3-4H2,1-2H3. The van der Waals surface area contributed by atoms with Crippen LogP contribution in [-0.4, -0.2) is 34.3 Å². The van der Waals surface area contributed by atoms with Crippen molar-refractivity contribution in [3.05, 3.63) is 0 Å². The SMILES string of the molecule is CNCC(C)CNS(=O)(=O)C(F)F. The van der Waals surface area contributed by atoms with Crippen molar-refractivity contribution in [3.63, 3.8) is 0 Å². The summed E-state index contributed by atoms with van der Waals surface area (Å²) in [4.78, 5) is 0. The van der Waals surface area contributed by atoms with Gasteiger partial charge in [-0.3, -0.25) is 0 Å². The van der Waals surface area contributed by atoms with Gasteiger partial charge in [0.2, 0.25) is 0 Å². The molecular weight excluding hydrogens is 202 g/mol. The van der Waals surface area contributed by atoms with E-state index in [4.69, 9.17) is 0 Å². The van der Waals surface area contributed by atoms with Crippen LogP contribution >= 0.6 is 0 Å². The lowest BCUT2D eigenvalue weighted by Gasteiger charge is -2.11. The van der Waals surface area contributed by atoms with Gasteiger partial charge in [0.15, 0.2) is 0 Å². The molecule has 0 aliphatic rings. The van der Waals surface area contributed by atoms with E-state index in [1.165, 1.54) is 0 Å². The molecule has 0 heterocycles. The Labute approximate surface area is 76.8 Å². The van der Waals surface area contributed by atoms with Crippen LogP contribution in [0.25, 0.3) is 0 Å². The molecule has 0 amide bonds. The molecule has 0 rings (SSSR count). The third kappa shape index (κ3) is 5.12. The molecular formula is C6H14F2N2O2S. The Bertz CT molecular complexity index is 231. The fourth-order valence-corrected chi connectivity index (χ4v) is 1.38. The van der Waals surface area contributed by atoms with Crippen LogP contribution in [0.15, 0.2) is 0 Å².